The summed E-state index contributed by atoms with van der Waals surface area (Å²) in [5.41, 5.74) is 21.3. The Balaban J connectivity index is 1.05. The molecular formula is C70H44N2. The van der Waals surface area contributed by atoms with Gasteiger partial charge in [-0.3, -0.25) is 0 Å². The van der Waals surface area contributed by atoms with Crippen molar-refractivity contribution < 1.29 is 0 Å². The molecular weight excluding hydrogens is 869 g/mol. The van der Waals surface area contributed by atoms with Crippen LogP contribution in [0.25, 0.3) is 71.3 Å². The van der Waals surface area contributed by atoms with Gasteiger partial charge in [-0.2, -0.15) is 0 Å². The van der Waals surface area contributed by atoms with Gasteiger partial charge in [-0.1, -0.05) is 231 Å². The van der Waals surface area contributed by atoms with E-state index >= 15 is 0 Å². The third-order valence-corrected chi connectivity index (χ3v) is 16.6. The van der Waals surface area contributed by atoms with Gasteiger partial charge in [0.15, 0.2) is 0 Å². The van der Waals surface area contributed by atoms with Crippen molar-refractivity contribution in [3.8, 4) is 27.9 Å². The smallest absolute Gasteiger partial charge is 0.0755 e. The van der Waals surface area contributed by atoms with Gasteiger partial charge in [0.1, 0.15) is 0 Å². The van der Waals surface area contributed by atoms with Gasteiger partial charge in [0.2, 0.25) is 0 Å². The number of para-hydroxylation sites is 3. The average Bonchev–Trinajstić information content (AvgIpc) is 4.07. The molecule has 1 atom stereocenters. The maximum atomic E-state index is 2.61. The van der Waals surface area contributed by atoms with Crippen molar-refractivity contribution in [3.05, 3.63) is 311 Å². The zero-order valence-corrected chi connectivity index (χ0v) is 39.3. The van der Waals surface area contributed by atoms with Gasteiger partial charge in [-0.05, 0) is 114 Å². The van der Waals surface area contributed by atoms with E-state index in [2.05, 4.69) is 276 Å². The molecule has 0 radical (unpaired) electrons. The van der Waals surface area contributed by atoms with Crippen LogP contribution in [0.3, 0.4) is 0 Å². The van der Waals surface area contributed by atoms with Crippen LogP contribution in [-0.4, -0.2) is 4.57 Å². The number of anilines is 3. The molecule has 12 aromatic carbocycles. The van der Waals surface area contributed by atoms with Crippen molar-refractivity contribution in [3.63, 3.8) is 0 Å². The molecule has 3 aliphatic rings. The maximum Gasteiger partial charge on any atom is 0.0755 e. The SMILES string of the molecule is c1ccc(C2(c3ccccc3)c3ccccc3-c3c(N(c4ccc5c(c4)C4(c6ccccc6-5)c5ccccc5-n5c6ccccc6c6cccc4c65)c4cc5ccccc5c5ccccc45)cccc32)cc1. The Bertz CT molecular complexity index is 4370. The van der Waals surface area contributed by atoms with Gasteiger partial charge in [0.05, 0.1) is 38.9 Å². The van der Waals surface area contributed by atoms with E-state index in [-0.39, 0.29) is 0 Å². The molecule has 0 bridgehead atoms. The summed E-state index contributed by atoms with van der Waals surface area (Å²) < 4.78 is 2.54. The van der Waals surface area contributed by atoms with Crippen molar-refractivity contribution in [2.45, 2.75) is 10.8 Å². The summed E-state index contributed by atoms with van der Waals surface area (Å²) in [6.45, 7) is 0. The van der Waals surface area contributed by atoms with E-state index in [1.807, 2.05) is 0 Å². The molecule has 0 saturated carbocycles. The molecule has 0 saturated heterocycles. The van der Waals surface area contributed by atoms with Crippen LogP contribution in [0.1, 0.15) is 44.5 Å². The van der Waals surface area contributed by atoms with E-state index in [0.717, 1.165) is 17.1 Å². The van der Waals surface area contributed by atoms with Crippen LogP contribution < -0.4 is 4.90 Å². The lowest BCUT2D eigenvalue weighted by atomic mass is 9.65. The molecule has 2 nitrogen and oxygen atoms in total. The van der Waals surface area contributed by atoms with E-state index in [0.29, 0.717) is 0 Å². The molecule has 334 valence electrons. The summed E-state index contributed by atoms with van der Waals surface area (Å²) in [4.78, 5) is 2.61. The largest absolute Gasteiger partial charge is 0.309 e. The standard InChI is InChI=1S/C70H44N2/c1-3-22-46(23-4-1)69(47-24-5-2-6-25-47)58-34-15-12-31-56(58)67-60(69)36-20-40-65(67)71(66-43-45-21-7-8-26-49(45)50-27-9-10-29-53(50)66)48-41-42-52-51-28-11-14-33-57(51)70(62(52)44-48)59-35-16-18-39-64(59)72-63-38-17-13-30-54(63)55-32-19-37-61(70)68(55)72/h1-44H. The van der Waals surface area contributed by atoms with Crippen LogP contribution in [0.4, 0.5) is 17.1 Å². The van der Waals surface area contributed by atoms with E-state index in [9.17, 15) is 0 Å². The molecule has 2 aliphatic carbocycles. The molecule has 2 heterocycles. The summed E-state index contributed by atoms with van der Waals surface area (Å²) in [7, 11) is 0. The Morgan fingerprint density at radius 3 is 1.65 bits per heavy atom. The first-order valence-electron chi connectivity index (χ1n) is 25.2. The van der Waals surface area contributed by atoms with Crippen LogP contribution in [0.5, 0.6) is 0 Å². The zero-order valence-electron chi connectivity index (χ0n) is 39.3. The van der Waals surface area contributed by atoms with Gasteiger partial charge >= 0.3 is 0 Å². The molecule has 0 fully saturated rings. The summed E-state index contributed by atoms with van der Waals surface area (Å²) in [6.07, 6.45) is 0. The number of hydrogen-bond donors (Lipinski definition) is 0. The van der Waals surface area contributed by atoms with E-state index in [4.69, 9.17) is 0 Å². The fraction of sp³-hybridized carbons (Fsp3) is 0.0286. The predicted octanol–water partition coefficient (Wildman–Crippen LogP) is 17.6. The molecule has 0 N–H and O–H groups in total. The first-order chi connectivity index (χ1) is 35.8. The van der Waals surface area contributed by atoms with Gasteiger partial charge in [-0.25, -0.2) is 0 Å². The number of hydrogen-bond acceptors (Lipinski definition) is 1. The Labute approximate surface area is 418 Å². The molecule has 13 aromatic rings. The molecule has 72 heavy (non-hydrogen) atoms. The average molecular weight is 913 g/mol. The highest BCUT2D eigenvalue weighted by molar-refractivity contribution is 6.16. The second-order valence-corrected chi connectivity index (χ2v) is 19.8. The highest BCUT2D eigenvalue weighted by Gasteiger charge is 2.52. The fourth-order valence-electron chi connectivity index (χ4n) is 14.0. The molecule has 16 rings (SSSR count). The Morgan fingerprint density at radius 1 is 0.306 bits per heavy atom. The van der Waals surface area contributed by atoms with Gasteiger partial charge < -0.3 is 9.47 Å². The first-order valence-corrected chi connectivity index (χ1v) is 25.2. The molecule has 1 aromatic heterocycles. The monoisotopic (exact) mass is 912 g/mol. The van der Waals surface area contributed by atoms with Crippen molar-refractivity contribution in [1.82, 2.24) is 4.57 Å². The van der Waals surface area contributed by atoms with Crippen LogP contribution in [0.2, 0.25) is 0 Å². The molecule has 1 aliphatic heterocycles. The number of nitrogens with zero attached hydrogens (tertiary/aromatic N) is 2. The zero-order chi connectivity index (χ0) is 47.1. The Hall–Kier alpha value is -9.24. The Kier molecular flexibility index (Phi) is 8.05. The van der Waals surface area contributed by atoms with Gasteiger partial charge in [0.25, 0.3) is 0 Å². The fourth-order valence-corrected chi connectivity index (χ4v) is 14.0. The molecule has 1 unspecified atom stereocenters. The summed E-state index contributed by atoms with van der Waals surface area (Å²) in [6, 6.07) is 101. The van der Waals surface area contributed by atoms with E-state index < -0.39 is 10.8 Å². The number of aromatic nitrogens is 1. The van der Waals surface area contributed by atoms with Crippen molar-refractivity contribution >= 4 is 60.4 Å². The van der Waals surface area contributed by atoms with Crippen molar-refractivity contribution in [2.24, 2.45) is 0 Å². The first kappa shape index (κ1) is 39.6. The highest BCUT2D eigenvalue weighted by Crippen LogP contribution is 2.64. The second-order valence-electron chi connectivity index (χ2n) is 19.8. The maximum absolute atomic E-state index is 2.61. The van der Waals surface area contributed by atoms with Gasteiger partial charge in [-0.15, -0.1) is 0 Å². The normalized spacial score (nSPS) is 15.4. The minimum absolute atomic E-state index is 0.561. The number of fused-ring (bicyclic) bond motifs is 18. The highest BCUT2D eigenvalue weighted by atomic mass is 15.1. The predicted molar refractivity (Wildman–Crippen MR) is 299 cm³/mol. The van der Waals surface area contributed by atoms with Crippen molar-refractivity contribution in [1.29, 1.82) is 0 Å². The van der Waals surface area contributed by atoms with Gasteiger partial charge in [0, 0.05) is 27.4 Å². The third-order valence-electron chi connectivity index (χ3n) is 16.6. The second kappa shape index (κ2) is 14.6. The lowest BCUT2D eigenvalue weighted by Crippen LogP contribution is -2.33. The van der Waals surface area contributed by atoms with Crippen LogP contribution in [0.15, 0.2) is 267 Å². The van der Waals surface area contributed by atoms with E-state index in [1.54, 1.807) is 0 Å². The number of rotatable bonds is 5. The van der Waals surface area contributed by atoms with Crippen LogP contribution in [-0.2, 0) is 10.8 Å². The molecule has 0 amide bonds. The number of benzene rings is 12. The van der Waals surface area contributed by atoms with Crippen molar-refractivity contribution in [2.75, 3.05) is 4.90 Å². The topological polar surface area (TPSA) is 8.17 Å². The lowest BCUT2D eigenvalue weighted by Gasteiger charge is -2.40. The minimum Gasteiger partial charge on any atom is -0.309 e. The Morgan fingerprint density at radius 2 is 0.861 bits per heavy atom. The summed E-state index contributed by atoms with van der Waals surface area (Å²) in [5.74, 6) is 0. The lowest BCUT2D eigenvalue weighted by molar-refractivity contribution is 0.748. The summed E-state index contributed by atoms with van der Waals surface area (Å²) >= 11 is 0. The molecule has 2 heteroatoms. The van der Waals surface area contributed by atoms with Crippen LogP contribution >= 0.6 is 0 Å². The molecule has 1 spiro atoms. The minimum atomic E-state index is -0.611. The van der Waals surface area contributed by atoms with E-state index in [1.165, 1.54) is 116 Å². The third kappa shape index (κ3) is 4.93. The quantitative estimate of drug-likeness (QED) is 0.156. The summed E-state index contributed by atoms with van der Waals surface area (Å²) in [5, 5.41) is 7.44. The van der Waals surface area contributed by atoms with Crippen LogP contribution in [0, 0.1) is 0 Å².